The first-order valence-electron chi connectivity index (χ1n) is 7.45. The molecule has 0 saturated carbocycles. The van der Waals surface area contributed by atoms with Gasteiger partial charge in [0.15, 0.2) is 0 Å². The highest BCUT2D eigenvalue weighted by Crippen LogP contribution is 2.30. The zero-order valence-corrected chi connectivity index (χ0v) is 13.4. The third-order valence-corrected chi connectivity index (χ3v) is 3.82. The van der Waals surface area contributed by atoms with Crippen molar-refractivity contribution in [3.63, 3.8) is 0 Å². The predicted molar refractivity (Wildman–Crippen MR) is 78.5 cm³/mol. The van der Waals surface area contributed by atoms with E-state index in [9.17, 15) is 14.4 Å². The van der Waals surface area contributed by atoms with E-state index in [-0.39, 0.29) is 31.1 Å². The van der Waals surface area contributed by atoms with Crippen LogP contribution in [0.1, 0.15) is 40.5 Å². The van der Waals surface area contributed by atoms with Gasteiger partial charge in [0.25, 0.3) is 5.91 Å². The topological polar surface area (TPSA) is 91.3 Å². The average Bonchev–Trinajstić information content (AvgIpc) is 3.00. The number of carbonyl (C=O) groups is 3. The molecule has 0 radical (unpaired) electrons. The molecular weight excluding hydrogens is 288 g/mol. The van der Waals surface area contributed by atoms with Crippen LogP contribution < -0.4 is 5.43 Å². The number of imide groups is 1. The molecular formula is C14H22N4O4. The molecule has 0 bridgehead atoms. The zero-order chi connectivity index (χ0) is 16.5. The molecule has 0 aliphatic carbocycles. The summed E-state index contributed by atoms with van der Waals surface area (Å²) in [6.45, 7) is 8.23. The lowest BCUT2D eigenvalue weighted by Gasteiger charge is -2.34. The van der Waals surface area contributed by atoms with E-state index in [1.807, 2.05) is 20.8 Å². The number of hydrazine groups is 1. The molecule has 0 aromatic carbocycles. The van der Waals surface area contributed by atoms with Crippen LogP contribution in [-0.4, -0.2) is 58.2 Å². The van der Waals surface area contributed by atoms with Crippen molar-refractivity contribution >= 4 is 23.5 Å². The van der Waals surface area contributed by atoms with Crippen molar-refractivity contribution in [3.05, 3.63) is 0 Å². The predicted octanol–water partition coefficient (Wildman–Crippen LogP) is 0.0418. The van der Waals surface area contributed by atoms with Gasteiger partial charge < -0.3 is 4.74 Å². The number of amides is 2. The zero-order valence-electron chi connectivity index (χ0n) is 13.4. The highest BCUT2D eigenvalue weighted by molar-refractivity contribution is 6.41. The van der Waals surface area contributed by atoms with Gasteiger partial charge in [-0.1, -0.05) is 6.92 Å². The molecule has 0 spiro atoms. The van der Waals surface area contributed by atoms with Crippen LogP contribution in [0.4, 0.5) is 0 Å². The van der Waals surface area contributed by atoms with Crippen LogP contribution in [0, 0.1) is 0 Å². The Balaban J connectivity index is 2.09. The summed E-state index contributed by atoms with van der Waals surface area (Å²) in [7, 11) is 0. The summed E-state index contributed by atoms with van der Waals surface area (Å²) in [6.07, 6.45) is 0.397. The second-order valence-corrected chi connectivity index (χ2v) is 5.91. The molecule has 2 aliphatic rings. The molecule has 8 nitrogen and oxygen atoms in total. The molecule has 0 aromatic heterocycles. The van der Waals surface area contributed by atoms with Gasteiger partial charge in [-0.2, -0.15) is 5.10 Å². The van der Waals surface area contributed by atoms with E-state index in [0.29, 0.717) is 6.54 Å². The Labute approximate surface area is 129 Å². The van der Waals surface area contributed by atoms with E-state index in [0.717, 1.165) is 5.01 Å². The van der Waals surface area contributed by atoms with E-state index < -0.39 is 23.5 Å². The fourth-order valence-electron chi connectivity index (χ4n) is 2.81. The molecule has 0 aromatic rings. The molecule has 1 N–H and O–H groups in total. The quantitative estimate of drug-likeness (QED) is 0.582. The standard InChI is InChI=1S/C14H22N4O4/c1-5-17-14(3,4)8-11(19)18(17)12(20)9-7-10(16-15-9)13(21)22-6-2/h10,16H,5-8H2,1-4H3. The number of nitrogens with one attached hydrogen (secondary N) is 1. The molecule has 22 heavy (non-hydrogen) atoms. The Morgan fingerprint density at radius 3 is 2.68 bits per heavy atom. The summed E-state index contributed by atoms with van der Waals surface area (Å²) >= 11 is 0. The SMILES string of the molecule is CCOC(=O)C1CC(C(=O)N2C(=O)CC(C)(C)N2CC)=NN1. The van der Waals surface area contributed by atoms with Crippen molar-refractivity contribution in [2.24, 2.45) is 5.10 Å². The second-order valence-electron chi connectivity index (χ2n) is 5.91. The van der Waals surface area contributed by atoms with Crippen molar-refractivity contribution in [1.29, 1.82) is 0 Å². The summed E-state index contributed by atoms with van der Waals surface area (Å²) in [5, 5.41) is 6.79. The molecule has 2 amide bonds. The number of rotatable bonds is 4. The van der Waals surface area contributed by atoms with Crippen molar-refractivity contribution in [2.75, 3.05) is 13.2 Å². The van der Waals surface area contributed by atoms with Gasteiger partial charge in [0.05, 0.1) is 6.61 Å². The molecule has 1 saturated heterocycles. The van der Waals surface area contributed by atoms with Gasteiger partial charge in [0, 0.05) is 24.9 Å². The third kappa shape index (κ3) is 2.83. The smallest absolute Gasteiger partial charge is 0.330 e. The maximum absolute atomic E-state index is 12.6. The Morgan fingerprint density at radius 1 is 1.41 bits per heavy atom. The highest BCUT2D eigenvalue weighted by Gasteiger charge is 2.47. The summed E-state index contributed by atoms with van der Waals surface area (Å²) in [5.41, 5.74) is 2.36. The van der Waals surface area contributed by atoms with Crippen LogP contribution in [0.3, 0.4) is 0 Å². The Morgan fingerprint density at radius 2 is 2.09 bits per heavy atom. The van der Waals surface area contributed by atoms with E-state index >= 15 is 0 Å². The fourth-order valence-corrected chi connectivity index (χ4v) is 2.81. The van der Waals surface area contributed by atoms with Crippen molar-refractivity contribution in [3.8, 4) is 0 Å². The molecule has 2 heterocycles. The molecule has 1 unspecified atom stereocenters. The van der Waals surface area contributed by atoms with Crippen LogP contribution in [0.5, 0.6) is 0 Å². The number of hydrazone groups is 1. The van der Waals surface area contributed by atoms with Gasteiger partial charge in [-0.05, 0) is 20.8 Å². The minimum absolute atomic E-state index is 0.124. The van der Waals surface area contributed by atoms with Crippen LogP contribution >= 0.6 is 0 Å². The summed E-state index contributed by atoms with van der Waals surface area (Å²) in [4.78, 5) is 36.4. The minimum Gasteiger partial charge on any atom is -0.464 e. The Kier molecular flexibility index (Phi) is 4.50. The molecule has 1 fully saturated rings. The Bertz CT molecular complexity index is 529. The van der Waals surface area contributed by atoms with Gasteiger partial charge in [0.1, 0.15) is 11.8 Å². The maximum Gasteiger partial charge on any atom is 0.330 e. The number of hydrogen-bond donors (Lipinski definition) is 1. The molecule has 2 rings (SSSR count). The molecule has 8 heteroatoms. The van der Waals surface area contributed by atoms with E-state index in [4.69, 9.17) is 4.74 Å². The van der Waals surface area contributed by atoms with Gasteiger partial charge >= 0.3 is 5.97 Å². The molecule has 2 aliphatic heterocycles. The summed E-state index contributed by atoms with van der Waals surface area (Å²) in [5.74, 6) is -1.18. The fraction of sp³-hybridized carbons (Fsp3) is 0.714. The monoisotopic (exact) mass is 310 g/mol. The third-order valence-electron chi connectivity index (χ3n) is 3.82. The summed E-state index contributed by atoms with van der Waals surface area (Å²) in [6, 6.07) is -0.667. The van der Waals surface area contributed by atoms with Crippen LogP contribution in [0.25, 0.3) is 0 Å². The second kappa shape index (κ2) is 6.04. The normalized spacial score (nSPS) is 24.2. The average molecular weight is 310 g/mol. The van der Waals surface area contributed by atoms with Crippen LogP contribution in [-0.2, 0) is 19.1 Å². The van der Waals surface area contributed by atoms with Gasteiger partial charge in [0.2, 0.25) is 5.91 Å². The van der Waals surface area contributed by atoms with E-state index in [2.05, 4.69) is 10.5 Å². The minimum atomic E-state index is -0.667. The molecule has 1 atom stereocenters. The first-order chi connectivity index (χ1) is 10.3. The number of ether oxygens (including phenoxy) is 1. The van der Waals surface area contributed by atoms with Crippen LogP contribution in [0.15, 0.2) is 5.10 Å². The first-order valence-corrected chi connectivity index (χ1v) is 7.45. The first kappa shape index (κ1) is 16.4. The van der Waals surface area contributed by atoms with E-state index in [1.54, 1.807) is 11.9 Å². The lowest BCUT2D eigenvalue weighted by Crippen LogP contribution is -2.51. The largest absolute Gasteiger partial charge is 0.464 e. The summed E-state index contributed by atoms with van der Waals surface area (Å²) < 4.78 is 4.90. The van der Waals surface area contributed by atoms with Gasteiger partial charge in [-0.3, -0.25) is 15.0 Å². The number of esters is 1. The van der Waals surface area contributed by atoms with Crippen molar-refractivity contribution < 1.29 is 19.1 Å². The van der Waals surface area contributed by atoms with Crippen molar-refractivity contribution in [1.82, 2.24) is 15.4 Å². The van der Waals surface area contributed by atoms with Crippen molar-refractivity contribution in [2.45, 2.75) is 52.1 Å². The lowest BCUT2D eigenvalue weighted by atomic mass is 10.0. The van der Waals surface area contributed by atoms with Gasteiger partial charge in [-0.15, -0.1) is 0 Å². The van der Waals surface area contributed by atoms with Gasteiger partial charge in [-0.25, -0.2) is 14.8 Å². The molecule has 122 valence electrons. The highest BCUT2D eigenvalue weighted by atomic mass is 16.5. The maximum atomic E-state index is 12.6. The Hall–Kier alpha value is -1.96. The number of carbonyl (C=O) groups excluding carboxylic acids is 3. The van der Waals surface area contributed by atoms with Crippen LogP contribution in [0.2, 0.25) is 0 Å². The number of hydrogen-bond acceptors (Lipinski definition) is 7. The number of nitrogens with zero attached hydrogens (tertiary/aromatic N) is 3. The lowest BCUT2D eigenvalue weighted by molar-refractivity contribution is -0.154. The van der Waals surface area contributed by atoms with E-state index in [1.165, 1.54) is 0 Å².